The zero-order valence-corrected chi connectivity index (χ0v) is 16.6. The van der Waals surface area contributed by atoms with E-state index in [0.29, 0.717) is 0 Å². The minimum Gasteiger partial charge on any atom is -0.336 e. The second-order valence-corrected chi connectivity index (χ2v) is 7.03. The van der Waals surface area contributed by atoms with E-state index in [1.807, 2.05) is 28.1 Å². The molecule has 1 amide bonds. The van der Waals surface area contributed by atoms with Gasteiger partial charge in [0.25, 0.3) is 5.91 Å². The van der Waals surface area contributed by atoms with E-state index in [2.05, 4.69) is 42.1 Å². The molecule has 1 saturated heterocycles. The minimum absolute atomic E-state index is 0.120. The van der Waals surface area contributed by atoms with Crippen LogP contribution >= 0.6 is 0 Å². The summed E-state index contributed by atoms with van der Waals surface area (Å²) >= 11 is 0. The van der Waals surface area contributed by atoms with Gasteiger partial charge in [-0.1, -0.05) is 0 Å². The number of hydrogen-bond acceptors (Lipinski definition) is 4. The van der Waals surface area contributed by atoms with Crippen LogP contribution in [0.25, 0.3) is 0 Å². The third-order valence-electron chi connectivity index (χ3n) is 5.32. The maximum atomic E-state index is 13.0. The third kappa shape index (κ3) is 3.53. The van der Waals surface area contributed by atoms with Crippen LogP contribution in [0.5, 0.6) is 0 Å². The van der Waals surface area contributed by atoms with Gasteiger partial charge in [0.15, 0.2) is 0 Å². The first-order chi connectivity index (χ1) is 12.4. The summed E-state index contributed by atoms with van der Waals surface area (Å²) in [5.41, 5.74) is 4.96. The van der Waals surface area contributed by atoms with Crippen LogP contribution in [-0.4, -0.2) is 61.4 Å². The van der Waals surface area contributed by atoms with E-state index in [0.717, 1.165) is 68.5 Å². The Morgan fingerprint density at radius 2 is 1.69 bits per heavy atom. The fourth-order valence-electron chi connectivity index (χ4n) is 3.70. The molecule has 2 aromatic rings. The molecule has 0 spiro atoms. The summed E-state index contributed by atoms with van der Waals surface area (Å²) in [5.74, 6) is 0.120. The molecular weight excluding hydrogens is 328 g/mol. The van der Waals surface area contributed by atoms with Crippen molar-refractivity contribution in [3.05, 3.63) is 34.4 Å². The topological polar surface area (TPSA) is 59.2 Å². The van der Waals surface area contributed by atoms with E-state index in [-0.39, 0.29) is 5.91 Å². The average Bonchev–Trinajstić information content (AvgIpc) is 3.13. The van der Waals surface area contributed by atoms with Crippen LogP contribution in [0.3, 0.4) is 0 Å². The molecule has 0 atom stereocenters. The van der Waals surface area contributed by atoms with E-state index in [9.17, 15) is 4.79 Å². The Balaban J connectivity index is 1.62. The van der Waals surface area contributed by atoms with Crippen molar-refractivity contribution in [2.75, 3.05) is 26.2 Å². The van der Waals surface area contributed by atoms with Crippen molar-refractivity contribution in [3.63, 3.8) is 0 Å². The minimum atomic E-state index is 0.120. The van der Waals surface area contributed by atoms with Gasteiger partial charge in [0, 0.05) is 63.3 Å². The Kier molecular flexibility index (Phi) is 5.46. The van der Waals surface area contributed by atoms with E-state index in [1.54, 1.807) is 0 Å². The number of aromatic nitrogens is 4. The van der Waals surface area contributed by atoms with Gasteiger partial charge >= 0.3 is 0 Å². The second kappa shape index (κ2) is 7.61. The normalized spacial score (nSPS) is 15.7. The number of piperazine rings is 1. The molecule has 0 radical (unpaired) electrons. The van der Waals surface area contributed by atoms with Crippen molar-refractivity contribution >= 4 is 5.91 Å². The van der Waals surface area contributed by atoms with Crippen LogP contribution in [-0.2, 0) is 19.6 Å². The lowest BCUT2D eigenvalue weighted by molar-refractivity contribution is 0.0626. The van der Waals surface area contributed by atoms with Crippen LogP contribution < -0.4 is 0 Å². The summed E-state index contributed by atoms with van der Waals surface area (Å²) in [6.45, 7) is 16.0. The lowest BCUT2D eigenvalue weighted by atomic mass is 10.1. The van der Waals surface area contributed by atoms with Crippen molar-refractivity contribution in [3.8, 4) is 0 Å². The fraction of sp³-hybridized carbons (Fsp3) is 0.632. The first-order valence-corrected chi connectivity index (χ1v) is 9.53. The summed E-state index contributed by atoms with van der Waals surface area (Å²) in [6.07, 6.45) is 2.14. The SMILES string of the molecule is CCn1cc(CN2CCN(C(=O)c3c(C)nn(CC)c3C)CC2)c(C)n1. The summed E-state index contributed by atoms with van der Waals surface area (Å²) in [6, 6.07) is 0. The molecule has 0 saturated carbocycles. The van der Waals surface area contributed by atoms with Crippen LogP contribution in [0.2, 0.25) is 0 Å². The van der Waals surface area contributed by atoms with Gasteiger partial charge in [-0.2, -0.15) is 10.2 Å². The highest BCUT2D eigenvalue weighted by molar-refractivity contribution is 5.96. The molecule has 7 nitrogen and oxygen atoms in total. The third-order valence-corrected chi connectivity index (χ3v) is 5.32. The predicted octanol–water partition coefficient (Wildman–Crippen LogP) is 2.00. The van der Waals surface area contributed by atoms with Gasteiger partial charge in [0.2, 0.25) is 0 Å². The summed E-state index contributed by atoms with van der Waals surface area (Å²) in [7, 11) is 0. The van der Waals surface area contributed by atoms with Crippen LogP contribution in [0.1, 0.15) is 46.9 Å². The lowest BCUT2D eigenvalue weighted by Crippen LogP contribution is -2.48. The molecule has 0 unspecified atom stereocenters. The van der Waals surface area contributed by atoms with E-state index < -0.39 is 0 Å². The standard InChI is InChI=1S/C19H30N6O/c1-6-24-13-17(14(3)20-24)12-22-8-10-23(11-9-22)19(26)18-15(4)21-25(7-2)16(18)5/h13H,6-12H2,1-5H3. The molecule has 2 aromatic heterocycles. The molecule has 3 rings (SSSR count). The largest absolute Gasteiger partial charge is 0.336 e. The van der Waals surface area contributed by atoms with Crippen molar-refractivity contribution in [2.24, 2.45) is 0 Å². The zero-order valence-electron chi connectivity index (χ0n) is 16.6. The number of carbonyl (C=O) groups excluding carboxylic acids is 1. The highest BCUT2D eigenvalue weighted by atomic mass is 16.2. The maximum absolute atomic E-state index is 13.0. The second-order valence-electron chi connectivity index (χ2n) is 7.03. The number of amides is 1. The van der Waals surface area contributed by atoms with Crippen LogP contribution in [0.15, 0.2) is 6.20 Å². The van der Waals surface area contributed by atoms with Crippen molar-refractivity contribution < 1.29 is 4.79 Å². The van der Waals surface area contributed by atoms with Gasteiger partial charge in [-0.3, -0.25) is 19.1 Å². The van der Waals surface area contributed by atoms with Crippen molar-refractivity contribution in [2.45, 2.75) is 54.3 Å². The van der Waals surface area contributed by atoms with Gasteiger partial charge in [-0.05, 0) is 34.6 Å². The molecule has 7 heteroatoms. The Morgan fingerprint density at radius 3 is 2.23 bits per heavy atom. The first-order valence-electron chi connectivity index (χ1n) is 9.53. The molecule has 1 aliphatic rings. The first kappa shape index (κ1) is 18.6. The Labute approximate surface area is 155 Å². The number of carbonyl (C=O) groups is 1. The monoisotopic (exact) mass is 358 g/mol. The number of nitrogens with zero attached hydrogens (tertiary/aromatic N) is 6. The molecule has 1 aliphatic heterocycles. The van der Waals surface area contributed by atoms with Gasteiger partial charge in [-0.15, -0.1) is 0 Å². The highest BCUT2D eigenvalue weighted by Crippen LogP contribution is 2.18. The fourth-order valence-corrected chi connectivity index (χ4v) is 3.70. The predicted molar refractivity (Wildman–Crippen MR) is 101 cm³/mol. The Morgan fingerprint density at radius 1 is 1.00 bits per heavy atom. The summed E-state index contributed by atoms with van der Waals surface area (Å²) < 4.78 is 3.90. The number of aryl methyl sites for hydroxylation is 4. The molecule has 3 heterocycles. The Bertz CT molecular complexity index is 782. The van der Waals surface area contributed by atoms with Gasteiger partial charge in [0.05, 0.1) is 17.0 Å². The maximum Gasteiger partial charge on any atom is 0.257 e. The quantitative estimate of drug-likeness (QED) is 0.820. The molecule has 1 fully saturated rings. The summed E-state index contributed by atoms with van der Waals surface area (Å²) in [5, 5.41) is 9.01. The molecule has 0 N–H and O–H groups in total. The Hall–Kier alpha value is -2.15. The molecule has 26 heavy (non-hydrogen) atoms. The zero-order chi connectivity index (χ0) is 18.8. The van der Waals surface area contributed by atoms with Crippen LogP contribution in [0, 0.1) is 20.8 Å². The van der Waals surface area contributed by atoms with E-state index in [1.165, 1.54) is 5.56 Å². The summed E-state index contributed by atoms with van der Waals surface area (Å²) in [4.78, 5) is 17.3. The number of rotatable bonds is 5. The lowest BCUT2D eigenvalue weighted by Gasteiger charge is -2.34. The molecular formula is C19H30N6O. The van der Waals surface area contributed by atoms with E-state index in [4.69, 9.17) is 0 Å². The molecule has 0 aromatic carbocycles. The number of hydrogen-bond donors (Lipinski definition) is 0. The van der Waals surface area contributed by atoms with Crippen molar-refractivity contribution in [1.82, 2.24) is 29.4 Å². The highest BCUT2D eigenvalue weighted by Gasteiger charge is 2.27. The van der Waals surface area contributed by atoms with Gasteiger partial charge < -0.3 is 4.90 Å². The van der Waals surface area contributed by atoms with E-state index >= 15 is 0 Å². The van der Waals surface area contributed by atoms with Crippen molar-refractivity contribution in [1.29, 1.82) is 0 Å². The molecule has 0 bridgehead atoms. The smallest absolute Gasteiger partial charge is 0.257 e. The van der Waals surface area contributed by atoms with Gasteiger partial charge in [0.1, 0.15) is 0 Å². The molecule has 142 valence electrons. The molecule has 0 aliphatic carbocycles. The van der Waals surface area contributed by atoms with Gasteiger partial charge in [-0.25, -0.2) is 0 Å². The average molecular weight is 358 g/mol. The van der Waals surface area contributed by atoms with Crippen LogP contribution in [0.4, 0.5) is 0 Å².